The van der Waals surface area contributed by atoms with E-state index in [1.807, 2.05) is 31.2 Å². The molecule has 0 aromatic heterocycles. The highest BCUT2D eigenvalue weighted by Crippen LogP contribution is 2.38. The van der Waals surface area contributed by atoms with Gasteiger partial charge in [0.2, 0.25) is 0 Å². The van der Waals surface area contributed by atoms with E-state index >= 15 is 0 Å². The van der Waals surface area contributed by atoms with E-state index in [4.69, 9.17) is 0 Å². The summed E-state index contributed by atoms with van der Waals surface area (Å²) in [6, 6.07) is 13.7. The molecule has 1 heterocycles. The van der Waals surface area contributed by atoms with Crippen molar-refractivity contribution in [2.24, 2.45) is 5.92 Å². The number of hydrogen-bond donors (Lipinski definition) is 2. The lowest BCUT2D eigenvalue weighted by Gasteiger charge is -2.37. The molecular weight excluding hydrogens is 468 g/mol. The predicted octanol–water partition coefficient (Wildman–Crippen LogP) is 4.99. The first-order chi connectivity index (χ1) is 17.8. The number of carbonyl (C=O) groups is 4. The molecule has 1 fully saturated rings. The standard InChI is InChI=1S/C30H30N2O5/c1-17-6-8-20(9-7-17)32-28(34)22-11-10-21(27(33)31-15-14-19-5-3-4-18(2)16-19)25-24(30(36)37)13-12-23(26(22)25)29(32)35/h3-5,10-13,16-17,20H,6-9,14-15H2,1-2H3,(H,31,33)(H,36,37). The first-order valence-electron chi connectivity index (χ1n) is 12.8. The summed E-state index contributed by atoms with van der Waals surface area (Å²) in [6.45, 7) is 4.54. The molecule has 5 rings (SSSR count). The number of carbonyl (C=O) groups excluding carboxylic acids is 3. The maximum Gasteiger partial charge on any atom is 0.336 e. The molecule has 3 aromatic carbocycles. The number of hydrogen-bond acceptors (Lipinski definition) is 4. The summed E-state index contributed by atoms with van der Waals surface area (Å²) in [7, 11) is 0. The van der Waals surface area contributed by atoms with Crippen molar-refractivity contribution in [1.29, 1.82) is 0 Å². The molecule has 0 atom stereocenters. The van der Waals surface area contributed by atoms with Crippen molar-refractivity contribution in [3.8, 4) is 0 Å². The van der Waals surface area contributed by atoms with Crippen LogP contribution in [0.3, 0.4) is 0 Å². The molecule has 2 aliphatic rings. The molecule has 0 saturated heterocycles. The molecule has 1 saturated carbocycles. The Morgan fingerprint density at radius 2 is 1.57 bits per heavy atom. The highest BCUT2D eigenvalue weighted by Gasteiger charge is 2.39. The van der Waals surface area contributed by atoms with Gasteiger partial charge in [0.05, 0.1) is 5.56 Å². The van der Waals surface area contributed by atoms with Crippen LogP contribution < -0.4 is 5.32 Å². The number of aryl methyl sites for hydroxylation is 1. The number of amides is 3. The number of imide groups is 1. The number of nitrogens with one attached hydrogen (secondary N) is 1. The number of carboxylic acids is 1. The van der Waals surface area contributed by atoms with E-state index in [1.54, 1.807) is 6.07 Å². The van der Waals surface area contributed by atoms with E-state index in [2.05, 4.69) is 12.2 Å². The third-order valence-electron chi connectivity index (χ3n) is 7.67. The smallest absolute Gasteiger partial charge is 0.336 e. The van der Waals surface area contributed by atoms with Crippen LogP contribution in [0.1, 0.15) is 85.2 Å². The maximum absolute atomic E-state index is 13.6. The highest BCUT2D eigenvalue weighted by molar-refractivity contribution is 6.29. The summed E-state index contributed by atoms with van der Waals surface area (Å²) < 4.78 is 0. The van der Waals surface area contributed by atoms with Gasteiger partial charge in [-0.1, -0.05) is 36.8 Å². The first kappa shape index (κ1) is 24.7. The molecule has 0 spiro atoms. The fraction of sp³-hybridized carbons (Fsp3) is 0.333. The normalized spacial score (nSPS) is 19.2. The van der Waals surface area contributed by atoms with E-state index in [0.29, 0.717) is 18.9 Å². The Balaban J connectivity index is 1.51. The number of rotatable bonds is 6. The van der Waals surface area contributed by atoms with Crippen molar-refractivity contribution < 1.29 is 24.3 Å². The SMILES string of the molecule is Cc1cccc(CCNC(=O)c2ccc3c4c(ccc(C(=O)O)c24)C(=O)N(C2CCC(C)CC2)C3=O)c1. The van der Waals surface area contributed by atoms with E-state index < -0.39 is 23.7 Å². The van der Waals surface area contributed by atoms with Gasteiger partial charge < -0.3 is 10.4 Å². The molecule has 3 amide bonds. The van der Waals surface area contributed by atoms with Gasteiger partial charge in [0.15, 0.2) is 0 Å². The second kappa shape index (κ2) is 9.81. The summed E-state index contributed by atoms with van der Waals surface area (Å²) in [5.74, 6) is -1.94. The number of carboxylic acid groups (broad SMARTS) is 1. The van der Waals surface area contributed by atoms with E-state index in [9.17, 15) is 24.3 Å². The third kappa shape index (κ3) is 4.50. The molecule has 7 heteroatoms. The summed E-state index contributed by atoms with van der Waals surface area (Å²) >= 11 is 0. The largest absolute Gasteiger partial charge is 0.478 e. The molecule has 1 aliphatic carbocycles. The fourth-order valence-electron chi connectivity index (χ4n) is 5.69. The van der Waals surface area contributed by atoms with Gasteiger partial charge in [-0.3, -0.25) is 19.3 Å². The average Bonchev–Trinajstić information content (AvgIpc) is 2.87. The first-order valence-corrected chi connectivity index (χ1v) is 12.8. The average molecular weight is 499 g/mol. The van der Waals surface area contributed by atoms with Gasteiger partial charge in [0.1, 0.15) is 0 Å². The number of benzene rings is 3. The van der Waals surface area contributed by atoms with Gasteiger partial charge in [-0.2, -0.15) is 0 Å². The van der Waals surface area contributed by atoms with Crippen molar-refractivity contribution in [3.05, 3.63) is 81.9 Å². The van der Waals surface area contributed by atoms with E-state index in [-0.39, 0.29) is 39.1 Å². The molecule has 190 valence electrons. The van der Waals surface area contributed by atoms with Gasteiger partial charge in [-0.15, -0.1) is 0 Å². The van der Waals surface area contributed by atoms with Crippen LogP contribution in [0.2, 0.25) is 0 Å². The Morgan fingerprint density at radius 3 is 2.19 bits per heavy atom. The fourth-order valence-corrected chi connectivity index (χ4v) is 5.69. The van der Waals surface area contributed by atoms with Crippen molar-refractivity contribution in [2.75, 3.05) is 6.54 Å². The molecule has 0 bridgehead atoms. The second-order valence-electron chi connectivity index (χ2n) is 10.3. The quantitative estimate of drug-likeness (QED) is 0.466. The summed E-state index contributed by atoms with van der Waals surface area (Å²) in [4.78, 5) is 53.9. The Hall–Kier alpha value is -4.00. The van der Waals surface area contributed by atoms with Gasteiger partial charge >= 0.3 is 5.97 Å². The third-order valence-corrected chi connectivity index (χ3v) is 7.67. The molecule has 3 aromatic rings. The van der Waals surface area contributed by atoms with Gasteiger partial charge in [0.25, 0.3) is 17.7 Å². The number of nitrogens with zero attached hydrogens (tertiary/aromatic N) is 1. The predicted molar refractivity (Wildman–Crippen MR) is 140 cm³/mol. The Bertz CT molecular complexity index is 1410. The summed E-state index contributed by atoms with van der Waals surface area (Å²) in [5, 5.41) is 13.2. The van der Waals surface area contributed by atoms with Crippen LogP contribution >= 0.6 is 0 Å². The minimum Gasteiger partial charge on any atom is -0.478 e. The zero-order valence-electron chi connectivity index (χ0n) is 21.0. The van der Waals surface area contributed by atoms with Gasteiger partial charge in [-0.05, 0) is 74.8 Å². The monoisotopic (exact) mass is 498 g/mol. The van der Waals surface area contributed by atoms with Crippen LogP contribution in [0.15, 0.2) is 48.5 Å². The minimum absolute atomic E-state index is 0.107. The van der Waals surface area contributed by atoms with Crippen LogP contribution in [0.25, 0.3) is 10.8 Å². The maximum atomic E-state index is 13.6. The molecule has 2 N–H and O–H groups in total. The Kier molecular flexibility index (Phi) is 6.54. The van der Waals surface area contributed by atoms with Crippen molar-refractivity contribution in [1.82, 2.24) is 10.2 Å². The second-order valence-corrected chi connectivity index (χ2v) is 10.3. The molecule has 0 unspecified atom stereocenters. The lowest BCUT2D eigenvalue weighted by atomic mass is 9.83. The van der Waals surface area contributed by atoms with E-state index in [1.165, 1.54) is 23.1 Å². The zero-order valence-corrected chi connectivity index (χ0v) is 21.0. The topological polar surface area (TPSA) is 104 Å². The van der Waals surface area contributed by atoms with Gasteiger partial charge in [-0.25, -0.2) is 4.79 Å². The van der Waals surface area contributed by atoms with Crippen molar-refractivity contribution >= 4 is 34.5 Å². The van der Waals surface area contributed by atoms with Crippen LogP contribution in [0, 0.1) is 12.8 Å². The Labute approximate surface area is 215 Å². The molecule has 1 aliphatic heterocycles. The summed E-state index contributed by atoms with van der Waals surface area (Å²) in [6.07, 6.45) is 4.02. The lowest BCUT2D eigenvalue weighted by Crippen LogP contribution is -2.48. The van der Waals surface area contributed by atoms with Crippen molar-refractivity contribution in [2.45, 2.75) is 52.0 Å². The molecule has 37 heavy (non-hydrogen) atoms. The molecular formula is C30H30N2O5. The van der Waals surface area contributed by atoms with Crippen molar-refractivity contribution in [3.63, 3.8) is 0 Å². The highest BCUT2D eigenvalue weighted by atomic mass is 16.4. The lowest BCUT2D eigenvalue weighted by molar-refractivity contribution is 0.0485. The van der Waals surface area contributed by atoms with Crippen LogP contribution in [-0.4, -0.2) is 46.3 Å². The Morgan fingerprint density at radius 1 is 0.919 bits per heavy atom. The molecule has 0 radical (unpaired) electrons. The minimum atomic E-state index is -1.22. The van der Waals surface area contributed by atoms with Crippen LogP contribution in [0.4, 0.5) is 0 Å². The molecule has 7 nitrogen and oxygen atoms in total. The summed E-state index contributed by atoms with van der Waals surface area (Å²) in [5.41, 5.74) is 2.78. The zero-order chi connectivity index (χ0) is 26.3. The van der Waals surface area contributed by atoms with Crippen LogP contribution in [-0.2, 0) is 6.42 Å². The van der Waals surface area contributed by atoms with Crippen LogP contribution in [0.5, 0.6) is 0 Å². The van der Waals surface area contributed by atoms with Gasteiger partial charge in [0, 0.05) is 40.0 Å². The van der Waals surface area contributed by atoms with E-state index in [0.717, 1.165) is 36.8 Å². The number of aromatic carboxylic acids is 1.